The number of hydrogen-bond donors (Lipinski definition) is 3. The van der Waals surface area contributed by atoms with Crippen LogP contribution in [0.15, 0.2) is 23.4 Å². The molecule has 0 bridgehead atoms. The minimum absolute atomic E-state index is 0.105. The molecule has 0 atom stereocenters. The Balaban J connectivity index is 2.05. The summed E-state index contributed by atoms with van der Waals surface area (Å²) in [5.74, 6) is -0.471. The topological polar surface area (TPSA) is 82.1 Å². The van der Waals surface area contributed by atoms with E-state index in [0.29, 0.717) is 17.7 Å². The molecule has 1 aliphatic heterocycles. The summed E-state index contributed by atoms with van der Waals surface area (Å²) in [5, 5.41) is 20.8. The Morgan fingerprint density at radius 1 is 1.42 bits per heavy atom. The Morgan fingerprint density at radius 3 is 2.68 bits per heavy atom. The molecule has 19 heavy (non-hydrogen) atoms. The fourth-order valence-corrected chi connectivity index (χ4v) is 2.21. The van der Waals surface area contributed by atoms with Gasteiger partial charge in [0.2, 0.25) is 0 Å². The second kappa shape index (κ2) is 5.99. The summed E-state index contributed by atoms with van der Waals surface area (Å²) in [6, 6.07) is 4.54. The van der Waals surface area contributed by atoms with E-state index in [-0.39, 0.29) is 17.8 Å². The van der Waals surface area contributed by atoms with Gasteiger partial charge in [0.05, 0.1) is 6.10 Å². The Hall–Kier alpha value is -1.66. The van der Waals surface area contributed by atoms with E-state index in [1.54, 1.807) is 12.1 Å². The summed E-state index contributed by atoms with van der Waals surface area (Å²) in [6.45, 7) is 2.04. The first-order valence-corrected chi connectivity index (χ1v) is 6.27. The molecule has 0 aliphatic carbocycles. The number of benzene rings is 1. The van der Waals surface area contributed by atoms with Crippen LogP contribution in [0.1, 0.15) is 24.0 Å². The van der Waals surface area contributed by atoms with Gasteiger partial charge in [-0.3, -0.25) is 4.90 Å². The zero-order chi connectivity index (χ0) is 13.8. The molecule has 104 valence electrons. The lowest BCUT2D eigenvalue weighted by atomic mass is 10.1. The summed E-state index contributed by atoms with van der Waals surface area (Å²) in [7, 11) is 0. The van der Waals surface area contributed by atoms with Crippen LogP contribution < -0.4 is 5.73 Å². The molecule has 1 saturated heterocycles. The predicted octanol–water partition coefficient (Wildman–Crippen LogP) is 0.877. The zero-order valence-electron chi connectivity index (χ0n) is 10.6. The number of hydrogen-bond acceptors (Lipinski definition) is 4. The quantitative estimate of drug-likeness (QED) is 0.328. The monoisotopic (exact) mass is 267 g/mol. The average molecular weight is 267 g/mol. The number of piperidine rings is 1. The smallest absolute Gasteiger partial charge is 0.170 e. The van der Waals surface area contributed by atoms with E-state index >= 15 is 0 Å². The normalized spacial score (nSPS) is 18.7. The predicted molar refractivity (Wildman–Crippen MR) is 69.4 cm³/mol. The molecule has 1 aromatic carbocycles. The summed E-state index contributed by atoms with van der Waals surface area (Å²) in [4.78, 5) is 2.11. The number of aliphatic hydroxyl groups is 1. The van der Waals surface area contributed by atoms with Crippen LogP contribution >= 0.6 is 0 Å². The highest BCUT2D eigenvalue weighted by molar-refractivity contribution is 5.97. The summed E-state index contributed by atoms with van der Waals surface area (Å²) >= 11 is 0. The van der Waals surface area contributed by atoms with Crippen molar-refractivity contribution in [3.63, 3.8) is 0 Å². The van der Waals surface area contributed by atoms with Gasteiger partial charge in [-0.15, -0.1) is 0 Å². The van der Waals surface area contributed by atoms with E-state index in [0.717, 1.165) is 25.9 Å². The molecule has 0 unspecified atom stereocenters. The third-order valence-corrected chi connectivity index (χ3v) is 3.41. The maximum Gasteiger partial charge on any atom is 0.170 e. The first kappa shape index (κ1) is 13.8. The maximum atomic E-state index is 13.9. The Bertz CT molecular complexity index is 471. The van der Waals surface area contributed by atoms with Crippen LogP contribution in [0, 0.1) is 5.82 Å². The lowest BCUT2D eigenvalue weighted by Gasteiger charge is -2.29. The highest BCUT2D eigenvalue weighted by Crippen LogP contribution is 2.17. The molecule has 1 heterocycles. The molecule has 4 N–H and O–H groups in total. The molecule has 6 heteroatoms. The number of likely N-dealkylation sites (tertiary alicyclic amines) is 1. The number of amidine groups is 1. The Kier molecular flexibility index (Phi) is 4.34. The van der Waals surface area contributed by atoms with Gasteiger partial charge in [-0.2, -0.15) is 0 Å². The second-order valence-corrected chi connectivity index (χ2v) is 4.80. The molecule has 0 aromatic heterocycles. The van der Waals surface area contributed by atoms with E-state index in [9.17, 15) is 9.50 Å². The number of halogens is 1. The molecule has 5 nitrogen and oxygen atoms in total. The van der Waals surface area contributed by atoms with E-state index < -0.39 is 0 Å². The van der Waals surface area contributed by atoms with E-state index in [4.69, 9.17) is 10.9 Å². The van der Waals surface area contributed by atoms with Crippen LogP contribution in [-0.2, 0) is 6.54 Å². The fourth-order valence-electron chi connectivity index (χ4n) is 2.21. The SMILES string of the molecule is N/C(=N\O)c1ccc(CN2CCC(O)CC2)c(F)c1. The highest BCUT2D eigenvalue weighted by atomic mass is 19.1. The van der Waals surface area contributed by atoms with Gasteiger partial charge in [0.15, 0.2) is 5.84 Å². The van der Waals surface area contributed by atoms with E-state index in [2.05, 4.69) is 10.1 Å². The van der Waals surface area contributed by atoms with Gasteiger partial charge in [-0.25, -0.2) is 4.39 Å². The van der Waals surface area contributed by atoms with Gasteiger partial charge in [0, 0.05) is 30.8 Å². The Morgan fingerprint density at radius 2 is 2.11 bits per heavy atom. The number of nitrogens with zero attached hydrogens (tertiary/aromatic N) is 2. The van der Waals surface area contributed by atoms with Gasteiger partial charge >= 0.3 is 0 Å². The lowest BCUT2D eigenvalue weighted by molar-refractivity contribution is 0.0787. The third kappa shape index (κ3) is 3.42. The number of oxime groups is 1. The molecular formula is C13H18FN3O2. The molecule has 0 saturated carbocycles. The van der Waals surface area contributed by atoms with Crippen LogP contribution in [0.2, 0.25) is 0 Å². The van der Waals surface area contributed by atoms with Crippen molar-refractivity contribution in [2.45, 2.75) is 25.5 Å². The van der Waals surface area contributed by atoms with Crippen LogP contribution in [0.3, 0.4) is 0 Å². The average Bonchev–Trinajstić information content (AvgIpc) is 2.42. The first-order chi connectivity index (χ1) is 9.10. The molecule has 1 aliphatic rings. The van der Waals surface area contributed by atoms with Crippen molar-refractivity contribution in [3.8, 4) is 0 Å². The van der Waals surface area contributed by atoms with E-state index in [1.807, 2.05) is 0 Å². The molecule has 1 aromatic rings. The van der Waals surface area contributed by atoms with Gasteiger partial charge in [0.25, 0.3) is 0 Å². The van der Waals surface area contributed by atoms with Crippen LogP contribution in [0.4, 0.5) is 4.39 Å². The molecule has 1 fully saturated rings. The summed E-state index contributed by atoms with van der Waals surface area (Å²) < 4.78 is 13.9. The second-order valence-electron chi connectivity index (χ2n) is 4.80. The lowest BCUT2D eigenvalue weighted by Crippen LogP contribution is -2.35. The minimum atomic E-state index is -0.366. The van der Waals surface area contributed by atoms with Crippen LogP contribution in [-0.4, -0.2) is 40.2 Å². The van der Waals surface area contributed by atoms with E-state index in [1.165, 1.54) is 6.07 Å². The summed E-state index contributed by atoms with van der Waals surface area (Å²) in [5.41, 5.74) is 6.34. The van der Waals surface area contributed by atoms with Crippen molar-refractivity contribution < 1.29 is 14.7 Å². The number of nitrogens with two attached hydrogens (primary N) is 1. The number of rotatable bonds is 3. The maximum absolute atomic E-state index is 13.9. The van der Waals surface area contributed by atoms with Gasteiger partial charge < -0.3 is 16.0 Å². The van der Waals surface area contributed by atoms with Crippen molar-refractivity contribution in [1.29, 1.82) is 0 Å². The van der Waals surface area contributed by atoms with Gasteiger partial charge in [0.1, 0.15) is 5.82 Å². The number of aliphatic hydroxyl groups excluding tert-OH is 1. The Labute approximate surface area is 111 Å². The van der Waals surface area contributed by atoms with Crippen LogP contribution in [0.5, 0.6) is 0 Å². The molecular weight excluding hydrogens is 249 g/mol. The third-order valence-electron chi connectivity index (χ3n) is 3.41. The van der Waals surface area contributed by atoms with Crippen LogP contribution in [0.25, 0.3) is 0 Å². The zero-order valence-corrected chi connectivity index (χ0v) is 10.6. The van der Waals surface area contributed by atoms with Gasteiger partial charge in [-0.1, -0.05) is 17.3 Å². The summed E-state index contributed by atoms with van der Waals surface area (Å²) in [6.07, 6.45) is 1.22. The minimum Gasteiger partial charge on any atom is -0.409 e. The fraction of sp³-hybridized carbons (Fsp3) is 0.462. The first-order valence-electron chi connectivity index (χ1n) is 6.27. The van der Waals surface area contributed by atoms with Crippen molar-refractivity contribution in [1.82, 2.24) is 4.90 Å². The molecule has 2 rings (SSSR count). The van der Waals surface area contributed by atoms with Crippen molar-refractivity contribution in [2.75, 3.05) is 13.1 Å². The molecule has 0 spiro atoms. The highest BCUT2D eigenvalue weighted by Gasteiger charge is 2.18. The standard InChI is InChI=1S/C13H18FN3O2/c14-12-7-9(13(15)16-19)1-2-10(12)8-17-5-3-11(18)4-6-17/h1-2,7,11,18-19H,3-6,8H2,(H2,15,16). The van der Waals surface area contributed by atoms with Crippen molar-refractivity contribution in [2.24, 2.45) is 10.9 Å². The molecule has 0 amide bonds. The van der Waals surface area contributed by atoms with Gasteiger partial charge in [-0.05, 0) is 18.9 Å². The van der Waals surface area contributed by atoms with Crippen molar-refractivity contribution >= 4 is 5.84 Å². The largest absolute Gasteiger partial charge is 0.409 e. The molecule has 0 radical (unpaired) electrons. The van der Waals surface area contributed by atoms with Crippen molar-refractivity contribution in [3.05, 3.63) is 35.1 Å².